The van der Waals surface area contributed by atoms with Crippen molar-refractivity contribution >= 4 is 22.8 Å². The van der Waals surface area contributed by atoms with Gasteiger partial charge in [0, 0.05) is 5.56 Å². The van der Waals surface area contributed by atoms with Crippen molar-refractivity contribution in [3.8, 4) is 0 Å². The van der Waals surface area contributed by atoms with Crippen LogP contribution < -0.4 is 10.6 Å². The van der Waals surface area contributed by atoms with E-state index in [-0.39, 0.29) is 24.4 Å². The number of carbonyl (C=O) groups is 2. The number of aromatic nitrogens is 2. The molecule has 0 saturated carbocycles. The number of aromatic amines is 1. The van der Waals surface area contributed by atoms with Gasteiger partial charge in [-0.25, -0.2) is 4.98 Å². The number of carbonyl (C=O) groups excluding carboxylic acids is 2. The summed E-state index contributed by atoms with van der Waals surface area (Å²) in [5.41, 5.74) is 4.49. The molecule has 3 rings (SSSR count). The molecule has 0 aliphatic rings. The summed E-state index contributed by atoms with van der Waals surface area (Å²) in [4.78, 5) is 32.0. The van der Waals surface area contributed by atoms with Crippen LogP contribution in [-0.4, -0.2) is 28.3 Å². The number of amides is 2. The molecular formula is C20H22N4O2. The van der Waals surface area contributed by atoms with Gasteiger partial charge in [0.05, 0.1) is 23.6 Å². The van der Waals surface area contributed by atoms with Gasteiger partial charge in [0.25, 0.3) is 5.91 Å². The second-order valence-corrected chi connectivity index (χ2v) is 6.41. The Morgan fingerprint density at radius 3 is 2.62 bits per heavy atom. The fourth-order valence-electron chi connectivity index (χ4n) is 2.68. The van der Waals surface area contributed by atoms with Crippen LogP contribution in [0.2, 0.25) is 0 Å². The number of para-hydroxylation sites is 2. The molecule has 0 saturated heterocycles. The Morgan fingerprint density at radius 2 is 1.88 bits per heavy atom. The summed E-state index contributed by atoms with van der Waals surface area (Å²) in [5, 5.41) is 5.48. The quantitative estimate of drug-likeness (QED) is 0.661. The molecule has 0 radical (unpaired) electrons. The van der Waals surface area contributed by atoms with Crippen molar-refractivity contribution in [1.82, 2.24) is 20.6 Å². The van der Waals surface area contributed by atoms with Crippen LogP contribution >= 0.6 is 0 Å². The monoisotopic (exact) mass is 350 g/mol. The van der Waals surface area contributed by atoms with Gasteiger partial charge >= 0.3 is 0 Å². The van der Waals surface area contributed by atoms with Crippen molar-refractivity contribution < 1.29 is 9.59 Å². The van der Waals surface area contributed by atoms with Gasteiger partial charge in [-0.1, -0.05) is 18.2 Å². The molecule has 1 unspecified atom stereocenters. The maximum Gasteiger partial charge on any atom is 0.251 e. The molecular weight excluding hydrogens is 328 g/mol. The maximum atomic E-state index is 12.2. The Labute approximate surface area is 152 Å². The molecule has 1 heterocycles. The van der Waals surface area contributed by atoms with E-state index >= 15 is 0 Å². The van der Waals surface area contributed by atoms with Crippen LogP contribution in [0.4, 0.5) is 0 Å². The van der Waals surface area contributed by atoms with Gasteiger partial charge in [-0.15, -0.1) is 0 Å². The molecule has 2 amide bonds. The van der Waals surface area contributed by atoms with Gasteiger partial charge in [-0.2, -0.15) is 0 Å². The molecule has 0 bridgehead atoms. The molecule has 3 aromatic rings. The molecule has 6 heteroatoms. The fraction of sp³-hybridized carbons (Fsp3) is 0.250. The molecule has 0 fully saturated rings. The smallest absolute Gasteiger partial charge is 0.251 e. The zero-order valence-electron chi connectivity index (χ0n) is 15.1. The number of aryl methyl sites for hydroxylation is 2. The van der Waals surface area contributed by atoms with Gasteiger partial charge in [0.2, 0.25) is 5.91 Å². The number of rotatable bonds is 5. The molecule has 1 aromatic heterocycles. The molecule has 0 aliphatic heterocycles. The summed E-state index contributed by atoms with van der Waals surface area (Å²) in [6.45, 7) is 5.70. The molecule has 0 aliphatic carbocycles. The zero-order valence-corrected chi connectivity index (χ0v) is 15.1. The van der Waals surface area contributed by atoms with Crippen molar-refractivity contribution in [3.63, 3.8) is 0 Å². The largest absolute Gasteiger partial charge is 0.345 e. The van der Waals surface area contributed by atoms with Crippen LogP contribution in [0.3, 0.4) is 0 Å². The molecule has 6 nitrogen and oxygen atoms in total. The second-order valence-electron chi connectivity index (χ2n) is 6.41. The van der Waals surface area contributed by atoms with E-state index in [4.69, 9.17) is 0 Å². The number of nitrogens with one attached hydrogen (secondary N) is 3. The summed E-state index contributed by atoms with van der Waals surface area (Å²) in [6, 6.07) is 12.9. The van der Waals surface area contributed by atoms with E-state index in [0.29, 0.717) is 11.4 Å². The highest BCUT2D eigenvalue weighted by Crippen LogP contribution is 2.15. The first kappa shape index (κ1) is 17.7. The van der Waals surface area contributed by atoms with E-state index in [2.05, 4.69) is 20.6 Å². The van der Waals surface area contributed by atoms with Gasteiger partial charge < -0.3 is 15.6 Å². The van der Waals surface area contributed by atoms with E-state index < -0.39 is 0 Å². The first-order chi connectivity index (χ1) is 12.4. The Morgan fingerprint density at radius 1 is 1.12 bits per heavy atom. The minimum absolute atomic E-state index is 0.0870. The average molecular weight is 350 g/mol. The Kier molecular flexibility index (Phi) is 5.02. The lowest BCUT2D eigenvalue weighted by Gasteiger charge is -2.12. The van der Waals surface area contributed by atoms with E-state index in [0.717, 1.165) is 22.2 Å². The Bertz CT molecular complexity index is 928. The lowest BCUT2D eigenvalue weighted by molar-refractivity contribution is -0.120. The van der Waals surface area contributed by atoms with E-state index in [1.807, 2.05) is 57.2 Å². The molecule has 2 aromatic carbocycles. The van der Waals surface area contributed by atoms with Gasteiger partial charge in [0.1, 0.15) is 5.82 Å². The summed E-state index contributed by atoms with van der Waals surface area (Å²) < 4.78 is 0. The number of H-pyrrole nitrogens is 1. The van der Waals surface area contributed by atoms with Gasteiger partial charge in [0.15, 0.2) is 0 Å². The average Bonchev–Trinajstić information content (AvgIpc) is 3.06. The first-order valence-corrected chi connectivity index (χ1v) is 8.53. The highest BCUT2D eigenvalue weighted by molar-refractivity contribution is 5.96. The van der Waals surface area contributed by atoms with E-state index in [9.17, 15) is 9.59 Å². The second kappa shape index (κ2) is 7.39. The molecule has 0 spiro atoms. The molecule has 3 N–H and O–H groups in total. The SMILES string of the molecule is Cc1ccc(C(=O)NCC(=O)NC(C)c2nc3ccccc3[nH]2)cc1C. The third kappa shape index (κ3) is 3.91. The first-order valence-electron chi connectivity index (χ1n) is 8.53. The van der Waals surface area contributed by atoms with Crippen molar-refractivity contribution in [3.05, 3.63) is 65.0 Å². The number of nitrogens with zero attached hydrogens (tertiary/aromatic N) is 1. The number of hydrogen-bond donors (Lipinski definition) is 3. The topological polar surface area (TPSA) is 86.9 Å². The van der Waals surface area contributed by atoms with Crippen molar-refractivity contribution in [2.45, 2.75) is 26.8 Å². The predicted molar refractivity (Wildman–Crippen MR) is 101 cm³/mol. The number of hydrogen-bond acceptors (Lipinski definition) is 3. The van der Waals surface area contributed by atoms with Crippen LogP contribution in [-0.2, 0) is 4.79 Å². The van der Waals surface area contributed by atoms with Crippen molar-refractivity contribution in [2.24, 2.45) is 0 Å². The van der Waals surface area contributed by atoms with Gasteiger partial charge in [-0.05, 0) is 56.2 Å². The molecule has 26 heavy (non-hydrogen) atoms. The highest BCUT2D eigenvalue weighted by Gasteiger charge is 2.14. The lowest BCUT2D eigenvalue weighted by atomic mass is 10.1. The van der Waals surface area contributed by atoms with Crippen LogP contribution in [0.15, 0.2) is 42.5 Å². The van der Waals surface area contributed by atoms with Crippen molar-refractivity contribution in [2.75, 3.05) is 6.54 Å². The number of benzene rings is 2. The highest BCUT2D eigenvalue weighted by atomic mass is 16.2. The minimum Gasteiger partial charge on any atom is -0.345 e. The summed E-state index contributed by atoms with van der Waals surface area (Å²) in [7, 11) is 0. The van der Waals surface area contributed by atoms with Crippen LogP contribution in [0.1, 0.15) is 40.3 Å². The normalized spacial score (nSPS) is 12.0. The predicted octanol–water partition coefficient (Wildman–Crippen LogP) is 2.79. The maximum absolute atomic E-state index is 12.2. The standard InChI is InChI=1S/C20H22N4O2/c1-12-8-9-15(10-13(12)2)20(26)21-11-18(25)22-14(3)19-23-16-6-4-5-7-17(16)24-19/h4-10,14H,11H2,1-3H3,(H,21,26)(H,22,25)(H,23,24). The summed E-state index contributed by atoms with van der Waals surface area (Å²) >= 11 is 0. The fourth-order valence-corrected chi connectivity index (χ4v) is 2.68. The van der Waals surface area contributed by atoms with Crippen molar-refractivity contribution in [1.29, 1.82) is 0 Å². The third-order valence-electron chi connectivity index (χ3n) is 4.37. The molecule has 134 valence electrons. The lowest BCUT2D eigenvalue weighted by Crippen LogP contribution is -2.38. The Hall–Kier alpha value is -3.15. The van der Waals surface area contributed by atoms with E-state index in [1.165, 1.54) is 0 Å². The summed E-state index contributed by atoms with van der Waals surface area (Å²) in [6.07, 6.45) is 0. The van der Waals surface area contributed by atoms with Gasteiger partial charge in [-0.3, -0.25) is 9.59 Å². The number of imidazole rings is 1. The third-order valence-corrected chi connectivity index (χ3v) is 4.37. The van der Waals surface area contributed by atoms with Crippen LogP contribution in [0.25, 0.3) is 11.0 Å². The zero-order chi connectivity index (χ0) is 18.7. The van der Waals surface area contributed by atoms with Crippen LogP contribution in [0, 0.1) is 13.8 Å². The van der Waals surface area contributed by atoms with E-state index in [1.54, 1.807) is 6.07 Å². The Balaban J connectivity index is 1.56. The van der Waals surface area contributed by atoms with Crippen LogP contribution in [0.5, 0.6) is 0 Å². The minimum atomic E-state index is -0.284. The molecule has 1 atom stereocenters. The summed E-state index contributed by atoms with van der Waals surface area (Å²) in [5.74, 6) is 0.148. The number of fused-ring (bicyclic) bond motifs is 1.